The minimum absolute atomic E-state index is 0.810. The Morgan fingerprint density at radius 1 is 1.67 bits per heavy atom. The molecule has 0 aliphatic carbocycles. The van der Waals surface area contributed by atoms with Gasteiger partial charge in [-0.3, -0.25) is 0 Å². The van der Waals surface area contributed by atoms with Gasteiger partial charge in [0.25, 0.3) is 0 Å². The molecule has 2 heteroatoms. The van der Waals surface area contributed by atoms with Crippen LogP contribution in [0.5, 0.6) is 0 Å². The van der Waals surface area contributed by atoms with E-state index in [1.165, 1.54) is 5.57 Å². The van der Waals surface area contributed by atoms with Gasteiger partial charge in [-0.25, -0.2) is 0 Å². The highest BCUT2D eigenvalue weighted by atomic mass is 28.2. The van der Waals surface area contributed by atoms with Crippen LogP contribution < -0.4 is 0 Å². The lowest BCUT2D eigenvalue weighted by Crippen LogP contribution is -1.69. The van der Waals surface area contributed by atoms with E-state index in [4.69, 9.17) is 4.43 Å². The van der Waals surface area contributed by atoms with E-state index in [1.807, 2.05) is 13.8 Å². The summed E-state index contributed by atoms with van der Waals surface area (Å²) in [4.78, 5) is 0. The van der Waals surface area contributed by atoms with E-state index in [2.05, 4.69) is 0 Å². The van der Waals surface area contributed by atoms with E-state index in [-0.39, 0.29) is 0 Å². The molecular formula is C4H10OSi. The molecule has 0 atom stereocenters. The first kappa shape index (κ1) is 5.76. The third-order valence-corrected chi connectivity index (χ3v) is 0.589. The summed E-state index contributed by atoms with van der Waals surface area (Å²) in [7, 11) is 0.810. The second-order valence-electron chi connectivity index (χ2n) is 1.43. The summed E-state index contributed by atoms with van der Waals surface area (Å²) < 4.78 is 4.78. The molecule has 1 nitrogen and oxygen atoms in total. The molecule has 0 aromatic rings. The quantitative estimate of drug-likeness (QED) is 0.339. The van der Waals surface area contributed by atoms with E-state index < -0.39 is 0 Å². The van der Waals surface area contributed by atoms with Crippen LogP contribution in [0.4, 0.5) is 0 Å². The molecule has 0 amide bonds. The van der Waals surface area contributed by atoms with Crippen molar-refractivity contribution in [3.8, 4) is 0 Å². The van der Waals surface area contributed by atoms with Gasteiger partial charge in [0.1, 0.15) is 0 Å². The second-order valence-corrected chi connectivity index (χ2v) is 1.90. The molecule has 0 spiro atoms. The molecule has 0 fully saturated rings. The van der Waals surface area contributed by atoms with Gasteiger partial charge in [-0.05, 0) is 19.4 Å². The van der Waals surface area contributed by atoms with Crippen molar-refractivity contribution in [2.75, 3.05) is 0 Å². The van der Waals surface area contributed by atoms with Crippen LogP contribution in [0.2, 0.25) is 0 Å². The summed E-state index contributed by atoms with van der Waals surface area (Å²) in [5.74, 6) is 0. The fourth-order valence-corrected chi connectivity index (χ4v) is 0.707. The van der Waals surface area contributed by atoms with Gasteiger partial charge in [0, 0.05) is 0 Å². The van der Waals surface area contributed by atoms with Crippen LogP contribution in [0.25, 0.3) is 0 Å². The van der Waals surface area contributed by atoms with Crippen molar-refractivity contribution in [1.29, 1.82) is 0 Å². The van der Waals surface area contributed by atoms with Crippen LogP contribution in [0, 0.1) is 0 Å². The number of hydrogen-bond acceptors (Lipinski definition) is 1. The van der Waals surface area contributed by atoms with Crippen LogP contribution in [0.1, 0.15) is 13.8 Å². The Hall–Kier alpha value is -0.243. The Morgan fingerprint density at radius 3 is 2.17 bits per heavy atom. The van der Waals surface area contributed by atoms with Crippen LogP contribution >= 0.6 is 0 Å². The summed E-state index contributed by atoms with van der Waals surface area (Å²) in [6, 6.07) is 0. The standard InChI is InChI=1S/C4H10OSi/c1-4(2)3-5-6/h3H,1-2,6H3. The Kier molecular flexibility index (Phi) is 2.85. The van der Waals surface area contributed by atoms with E-state index >= 15 is 0 Å². The highest BCUT2D eigenvalue weighted by Crippen LogP contribution is 1.84. The summed E-state index contributed by atoms with van der Waals surface area (Å²) in [6.45, 7) is 4.02. The van der Waals surface area contributed by atoms with Crippen molar-refractivity contribution >= 4 is 10.5 Å². The molecule has 0 N–H and O–H groups in total. The topological polar surface area (TPSA) is 9.23 Å². The largest absolute Gasteiger partial charge is 0.558 e. The number of allylic oxidation sites excluding steroid dienone is 1. The molecule has 0 bridgehead atoms. The van der Waals surface area contributed by atoms with E-state index in [1.54, 1.807) is 6.26 Å². The molecule has 0 aromatic carbocycles. The zero-order valence-corrected chi connectivity index (χ0v) is 6.49. The minimum Gasteiger partial charge on any atom is -0.558 e. The number of rotatable bonds is 1. The molecule has 0 heterocycles. The minimum atomic E-state index is 0.810. The average Bonchev–Trinajstić information content (AvgIpc) is 1.35. The molecule has 6 heavy (non-hydrogen) atoms. The molecule has 0 unspecified atom stereocenters. The van der Waals surface area contributed by atoms with Gasteiger partial charge in [0.05, 0.1) is 6.26 Å². The zero-order valence-electron chi connectivity index (χ0n) is 4.49. The van der Waals surface area contributed by atoms with Gasteiger partial charge < -0.3 is 4.43 Å². The maximum Gasteiger partial charge on any atom is 0.203 e. The molecule has 0 aliphatic rings. The number of hydrogen-bond donors (Lipinski definition) is 0. The van der Waals surface area contributed by atoms with E-state index in [9.17, 15) is 0 Å². The van der Waals surface area contributed by atoms with Crippen LogP contribution in [0.3, 0.4) is 0 Å². The van der Waals surface area contributed by atoms with Gasteiger partial charge >= 0.3 is 0 Å². The molecule has 0 saturated heterocycles. The predicted octanol–water partition coefficient (Wildman–Crippen LogP) is 0.207. The van der Waals surface area contributed by atoms with Gasteiger partial charge in [0.2, 0.25) is 10.5 Å². The molecule has 0 aromatic heterocycles. The van der Waals surface area contributed by atoms with Crippen LogP contribution in [-0.2, 0) is 4.43 Å². The molecule has 36 valence electrons. The van der Waals surface area contributed by atoms with Crippen LogP contribution in [-0.4, -0.2) is 10.5 Å². The maximum atomic E-state index is 4.78. The summed E-state index contributed by atoms with van der Waals surface area (Å²) in [6.07, 6.45) is 1.77. The lowest BCUT2D eigenvalue weighted by Gasteiger charge is -1.86. The van der Waals surface area contributed by atoms with Crippen molar-refractivity contribution in [3.05, 3.63) is 11.8 Å². The monoisotopic (exact) mass is 102 g/mol. The molecular weight excluding hydrogens is 92.1 g/mol. The first-order valence-electron chi connectivity index (χ1n) is 1.93. The van der Waals surface area contributed by atoms with Gasteiger partial charge in [-0.1, -0.05) is 0 Å². The summed E-state index contributed by atoms with van der Waals surface area (Å²) in [5.41, 5.74) is 1.23. The Morgan fingerprint density at radius 2 is 2.17 bits per heavy atom. The lowest BCUT2D eigenvalue weighted by molar-refractivity contribution is 0.528. The second kappa shape index (κ2) is 2.97. The van der Waals surface area contributed by atoms with Crippen LogP contribution in [0.15, 0.2) is 11.8 Å². The highest BCUT2D eigenvalue weighted by Gasteiger charge is 1.66. The van der Waals surface area contributed by atoms with Gasteiger partial charge in [0.15, 0.2) is 0 Å². The van der Waals surface area contributed by atoms with E-state index in [0.29, 0.717) is 0 Å². The highest BCUT2D eigenvalue weighted by molar-refractivity contribution is 5.98. The fraction of sp³-hybridized carbons (Fsp3) is 0.500. The van der Waals surface area contributed by atoms with E-state index in [0.717, 1.165) is 10.5 Å². The normalized spacial score (nSPS) is 7.67. The predicted molar refractivity (Wildman–Crippen MR) is 30.5 cm³/mol. The van der Waals surface area contributed by atoms with Crippen molar-refractivity contribution in [2.24, 2.45) is 0 Å². The molecule has 0 saturated carbocycles. The Labute approximate surface area is 41.6 Å². The van der Waals surface area contributed by atoms with Crippen molar-refractivity contribution in [1.82, 2.24) is 0 Å². The first-order chi connectivity index (χ1) is 2.77. The molecule has 0 radical (unpaired) electrons. The summed E-state index contributed by atoms with van der Waals surface area (Å²) in [5, 5.41) is 0. The van der Waals surface area contributed by atoms with Gasteiger partial charge in [-0.15, -0.1) is 0 Å². The molecule has 0 rings (SSSR count). The van der Waals surface area contributed by atoms with Crippen molar-refractivity contribution in [2.45, 2.75) is 13.8 Å². The fourth-order valence-electron chi connectivity index (χ4n) is 0.236. The smallest absolute Gasteiger partial charge is 0.203 e. The maximum absolute atomic E-state index is 4.78. The molecule has 0 aliphatic heterocycles. The zero-order chi connectivity index (χ0) is 4.99. The SMILES string of the molecule is CC(C)=CO[SiH3]. The third-order valence-electron chi connectivity index (χ3n) is 0.354. The van der Waals surface area contributed by atoms with Crippen molar-refractivity contribution in [3.63, 3.8) is 0 Å². The Balaban J connectivity index is 3.14. The van der Waals surface area contributed by atoms with Crippen molar-refractivity contribution < 1.29 is 4.43 Å². The van der Waals surface area contributed by atoms with Gasteiger partial charge in [-0.2, -0.15) is 0 Å². The lowest BCUT2D eigenvalue weighted by atomic mass is 10.4. The first-order valence-corrected chi connectivity index (χ1v) is 2.75. The average molecular weight is 102 g/mol. The summed E-state index contributed by atoms with van der Waals surface area (Å²) >= 11 is 0. The third kappa shape index (κ3) is 3.76. The Bertz CT molecular complexity index is 54.6.